The SMILES string of the molecule is CC(C)(C)c1ccc(C(=O)N/N=C/c2cc(Cl)cc(Cl)c2O)cc1. The highest BCUT2D eigenvalue weighted by Crippen LogP contribution is 2.30. The summed E-state index contributed by atoms with van der Waals surface area (Å²) in [6, 6.07) is 10.3. The van der Waals surface area contributed by atoms with E-state index in [1.807, 2.05) is 12.1 Å². The molecule has 6 heteroatoms. The number of phenols is 1. The zero-order valence-corrected chi connectivity index (χ0v) is 15.1. The molecule has 0 spiro atoms. The average Bonchev–Trinajstić information content (AvgIpc) is 2.51. The van der Waals surface area contributed by atoms with Gasteiger partial charge >= 0.3 is 0 Å². The van der Waals surface area contributed by atoms with Crippen LogP contribution < -0.4 is 5.43 Å². The molecule has 0 bridgehead atoms. The maximum atomic E-state index is 12.1. The first kappa shape index (κ1) is 18.3. The lowest BCUT2D eigenvalue weighted by Gasteiger charge is -2.18. The lowest BCUT2D eigenvalue weighted by molar-refractivity contribution is 0.0955. The fourth-order valence-corrected chi connectivity index (χ4v) is 2.54. The fraction of sp³-hybridized carbons (Fsp3) is 0.222. The topological polar surface area (TPSA) is 61.7 Å². The zero-order chi connectivity index (χ0) is 17.9. The van der Waals surface area contributed by atoms with Crippen LogP contribution in [0.25, 0.3) is 0 Å². The van der Waals surface area contributed by atoms with Crippen LogP contribution in [-0.2, 0) is 5.41 Å². The van der Waals surface area contributed by atoms with Crippen molar-refractivity contribution in [2.45, 2.75) is 26.2 Å². The van der Waals surface area contributed by atoms with Crippen LogP contribution in [0.2, 0.25) is 10.0 Å². The van der Waals surface area contributed by atoms with E-state index in [9.17, 15) is 9.90 Å². The van der Waals surface area contributed by atoms with E-state index in [1.165, 1.54) is 18.3 Å². The van der Waals surface area contributed by atoms with Crippen LogP contribution in [0.4, 0.5) is 0 Å². The molecular weight excluding hydrogens is 347 g/mol. The van der Waals surface area contributed by atoms with Gasteiger partial charge in [0.1, 0.15) is 5.75 Å². The molecule has 0 heterocycles. The second-order valence-electron chi connectivity index (χ2n) is 6.35. The molecular formula is C18H18Cl2N2O2. The molecule has 0 unspecified atom stereocenters. The van der Waals surface area contributed by atoms with Crippen molar-refractivity contribution in [2.75, 3.05) is 0 Å². The van der Waals surface area contributed by atoms with Crippen LogP contribution >= 0.6 is 23.2 Å². The van der Waals surface area contributed by atoms with E-state index in [4.69, 9.17) is 23.2 Å². The largest absolute Gasteiger partial charge is 0.506 e. The van der Waals surface area contributed by atoms with Crippen LogP contribution in [-0.4, -0.2) is 17.2 Å². The number of hydrazone groups is 1. The Labute approximate surface area is 151 Å². The van der Waals surface area contributed by atoms with Gasteiger partial charge in [-0.25, -0.2) is 5.43 Å². The maximum Gasteiger partial charge on any atom is 0.271 e. The second-order valence-corrected chi connectivity index (χ2v) is 7.20. The van der Waals surface area contributed by atoms with Crippen LogP contribution in [0.15, 0.2) is 41.5 Å². The highest BCUT2D eigenvalue weighted by molar-refractivity contribution is 6.36. The molecule has 0 aromatic heterocycles. The van der Waals surface area contributed by atoms with Gasteiger partial charge in [0.2, 0.25) is 0 Å². The third kappa shape index (κ3) is 4.49. The number of aromatic hydroxyl groups is 1. The normalized spacial score (nSPS) is 11.7. The summed E-state index contributed by atoms with van der Waals surface area (Å²) in [5.74, 6) is -0.493. The maximum absolute atomic E-state index is 12.1. The quantitative estimate of drug-likeness (QED) is 0.609. The minimum atomic E-state index is -0.348. The van der Waals surface area contributed by atoms with E-state index in [0.717, 1.165) is 5.56 Å². The van der Waals surface area contributed by atoms with Crippen LogP contribution in [0.1, 0.15) is 42.3 Å². The summed E-state index contributed by atoms with van der Waals surface area (Å²) in [6.07, 6.45) is 1.29. The number of benzene rings is 2. The van der Waals surface area contributed by atoms with Gasteiger partial charge in [0.25, 0.3) is 5.91 Å². The molecule has 126 valence electrons. The van der Waals surface area contributed by atoms with Crippen molar-refractivity contribution in [3.8, 4) is 5.75 Å². The molecule has 24 heavy (non-hydrogen) atoms. The lowest BCUT2D eigenvalue weighted by atomic mass is 9.87. The van der Waals surface area contributed by atoms with Gasteiger partial charge in [-0.2, -0.15) is 5.10 Å². The molecule has 2 aromatic carbocycles. The van der Waals surface area contributed by atoms with Gasteiger partial charge in [0, 0.05) is 16.1 Å². The monoisotopic (exact) mass is 364 g/mol. The number of rotatable bonds is 3. The Hall–Kier alpha value is -2.04. The average molecular weight is 365 g/mol. The lowest BCUT2D eigenvalue weighted by Crippen LogP contribution is -2.18. The number of halogens is 2. The molecule has 0 aliphatic rings. The van der Waals surface area contributed by atoms with Gasteiger partial charge in [0.15, 0.2) is 0 Å². The van der Waals surface area contributed by atoms with E-state index >= 15 is 0 Å². The molecule has 0 atom stereocenters. The van der Waals surface area contributed by atoms with Gasteiger partial charge < -0.3 is 5.11 Å². The molecule has 1 amide bonds. The smallest absolute Gasteiger partial charge is 0.271 e. The number of carbonyl (C=O) groups excluding carboxylic acids is 1. The number of nitrogens with zero attached hydrogens (tertiary/aromatic N) is 1. The van der Waals surface area contributed by atoms with Gasteiger partial charge in [-0.15, -0.1) is 0 Å². The highest BCUT2D eigenvalue weighted by Gasteiger charge is 2.14. The number of carbonyl (C=O) groups is 1. The van der Waals surface area contributed by atoms with Crippen molar-refractivity contribution in [2.24, 2.45) is 5.10 Å². The summed E-state index contributed by atoms with van der Waals surface area (Å²) in [4.78, 5) is 12.1. The number of nitrogens with one attached hydrogen (secondary N) is 1. The van der Waals surface area contributed by atoms with Crippen LogP contribution in [0, 0.1) is 0 Å². The van der Waals surface area contributed by atoms with Gasteiger partial charge in [-0.1, -0.05) is 56.1 Å². The second kappa shape index (κ2) is 7.24. The number of amides is 1. The van der Waals surface area contributed by atoms with Crippen molar-refractivity contribution in [3.63, 3.8) is 0 Å². The molecule has 0 radical (unpaired) electrons. The standard InChI is InChI=1S/C18H18Cl2N2O2/c1-18(2,3)13-6-4-11(5-7-13)17(24)22-21-10-12-8-14(19)9-15(20)16(12)23/h4-10,23H,1-3H3,(H,22,24)/b21-10+. The Balaban J connectivity index is 2.08. The number of hydrogen-bond acceptors (Lipinski definition) is 3. The number of hydrogen-bond donors (Lipinski definition) is 2. The number of phenolic OH excluding ortho intramolecular Hbond substituents is 1. The molecule has 0 fully saturated rings. The molecule has 2 N–H and O–H groups in total. The predicted molar refractivity (Wildman–Crippen MR) is 98.3 cm³/mol. The van der Waals surface area contributed by atoms with Crippen molar-refractivity contribution in [1.82, 2.24) is 5.43 Å². The summed E-state index contributed by atoms with van der Waals surface area (Å²) < 4.78 is 0. The van der Waals surface area contributed by atoms with Crippen molar-refractivity contribution in [1.29, 1.82) is 0 Å². The zero-order valence-electron chi connectivity index (χ0n) is 13.6. The van der Waals surface area contributed by atoms with Gasteiger partial charge in [-0.05, 0) is 35.2 Å². The first-order valence-corrected chi connectivity index (χ1v) is 8.06. The first-order valence-electron chi connectivity index (χ1n) is 7.30. The van der Waals surface area contributed by atoms with Crippen LogP contribution in [0.3, 0.4) is 0 Å². The Bertz CT molecular complexity index is 779. The summed E-state index contributed by atoms with van der Waals surface area (Å²) in [7, 11) is 0. The Morgan fingerprint density at radius 2 is 1.79 bits per heavy atom. The Morgan fingerprint density at radius 3 is 2.38 bits per heavy atom. The molecule has 0 aliphatic heterocycles. The van der Waals surface area contributed by atoms with Crippen LogP contribution in [0.5, 0.6) is 5.75 Å². The molecule has 0 aliphatic carbocycles. The third-order valence-electron chi connectivity index (χ3n) is 3.44. The van der Waals surface area contributed by atoms with E-state index in [-0.39, 0.29) is 22.1 Å². The summed E-state index contributed by atoms with van der Waals surface area (Å²) in [5.41, 5.74) is 4.38. The van der Waals surface area contributed by atoms with E-state index in [1.54, 1.807) is 12.1 Å². The Kier molecular flexibility index (Phi) is 5.52. The summed E-state index contributed by atoms with van der Waals surface area (Å²) in [6.45, 7) is 6.32. The van der Waals surface area contributed by atoms with Gasteiger partial charge in [0.05, 0.1) is 11.2 Å². The van der Waals surface area contributed by atoms with Gasteiger partial charge in [-0.3, -0.25) is 4.79 Å². The van der Waals surface area contributed by atoms with Crippen molar-refractivity contribution >= 4 is 35.3 Å². The summed E-state index contributed by atoms with van der Waals surface area (Å²) in [5, 5.41) is 14.1. The minimum absolute atomic E-state index is 0.0243. The van der Waals surface area contributed by atoms with Crippen molar-refractivity contribution in [3.05, 3.63) is 63.1 Å². The molecule has 2 aromatic rings. The van der Waals surface area contributed by atoms with E-state index < -0.39 is 0 Å². The van der Waals surface area contributed by atoms with Crippen molar-refractivity contribution < 1.29 is 9.90 Å². The molecule has 0 saturated carbocycles. The Morgan fingerprint density at radius 1 is 1.17 bits per heavy atom. The minimum Gasteiger partial charge on any atom is -0.506 e. The molecule has 0 saturated heterocycles. The fourth-order valence-electron chi connectivity index (χ4n) is 2.03. The molecule has 2 rings (SSSR count). The highest BCUT2D eigenvalue weighted by atomic mass is 35.5. The first-order chi connectivity index (χ1) is 11.2. The van der Waals surface area contributed by atoms with E-state index in [0.29, 0.717) is 16.1 Å². The third-order valence-corrected chi connectivity index (χ3v) is 3.95. The predicted octanol–water partition coefficient (Wildman–Crippen LogP) is 4.76. The molecule has 4 nitrogen and oxygen atoms in total. The van der Waals surface area contributed by atoms with E-state index in [2.05, 4.69) is 31.3 Å². The summed E-state index contributed by atoms with van der Waals surface area (Å²) >= 11 is 11.7.